The highest BCUT2D eigenvalue weighted by atomic mass is 16.5. The van der Waals surface area contributed by atoms with Crippen LogP contribution in [-0.2, 0) is 11.3 Å². The van der Waals surface area contributed by atoms with Crippen molar-refractivity contribution in [1.82, 2.24) is 9.97 Å². The number of rotatable bonds is 6. The van der Waals surface area contributed by atoms with E-state index in [1.165, 1.54) is 0 Å². The zero-order valence-electron chi connectivity index (χ0n) is 20.0. The van der Waals surface area contributed by atoms with Gasteiger partial charge in [0.15, 0.2) is 6.61 Å². The highest BCUT2D eigenvalue weighted by Gasteiger charge is 2.26. The predicted octanol–water partition coefficient (Wildman–Crippen LogP) is 6.48. The van der Waals surface area contributed by atoms with Crippen LogP contribution in [0.3, 0.4) is 0 Å². The number of nitrogens with zero attached hydrogens (tertiary/aromatic N) is 3. The molecule has 0 radical (unpaired) electrons. The number of benzene rings is 3. The zero-order valence-corrected chi connectivity index (χ0v) is 20.0. The zero-order chi connectivity index (χ0) is 25.0. The molecule has 1 aliphatic heterocycles. The van der Waals surface area contributed by atoms with E-state index in [1.54, 1.807) is 23.5 Å². The van der Waals surface area contributed by atoms with Crippen molar-refractivity contribution in [2.45, 2.75) is 6.54 Å². The summed E-state index contributed by atoms with van der Waals surface area (Å²) in [5.41, 5.74) is 6.98. The molecule has 1 amide bonds. The van der Waals surface area contributed by atoms with Gasteiger partial charge in [0, 0.05) is 24.3 Å². The van der Waals surface area contributed by atoms with Gasteiger partial charge in [-0.15, -0.1) is 0 Å². The Kier molecular flexibility index (Phi) is 6.05. The van der Waals surface area contributed by atoms with Gasteiger partial charge in [0.1, 0.15) is 11.6 Å². The highest BCUT2D eigenvalue weighted by molar-refractivity contribution is 5.98. The normalized spacial score (nSPS) is 12.5. The van der Waals surface area contributed by atoms with Crippen LogP contribution in [0, 0.1) is 0 Å². The molecule has 5 aromatic rings. The summed E-state index contributed by atoms with van der Waals surface area (Å²) in [6, 6.07) is 32.3. The van der Waals surface area contributed by atoms with Gasteiger partial charge in [0.25, 0.3) is 5.91 Å². The minimum Gasteiger partial charge on any atom is -0.482 e. The first kappa shape index (κ1) is 22.5. The van der Waals surface area contributed by atoms with E-state index >= 15 is 0 Å². The second kappa shape index (κ2) is 9.95. The fourth-order valence-corrected chi connectivity index (χ4v) is 4.46. The van der Waals surface area contributed by atoms with Crippen LogP contribution in [-0.4, -0.2) is 22.5 Å². The quantitative estimate of drug-likeness (QED) is 0.299. The fraction of sp³-hybridized carbons (Fsp3) is 0.0645. The van der Waals surface area contributed by atoms with Crippen LogP contribution < -0.4 is 15.0 Å². The molecule has 0 spiro atoms. The number of anilines is 3. The summed E-state index contributed by atoms with van der Waals surface area (Å²) in [6.45, 7) is 0.491. The van der Waals surface area contributed by atoms with Crippen LogP contribution in [0.1, 0.15) is 5.56 Å². The van der Waals surface area contributed by atoms with Crippen molar-refractivity contribution in [3.05, 3.63) is 121 Å². The number of pyridine rings is 2. The van der Waals surface area contributed by atoms with E-state index in [9.17, 15) is 4.79 Å². The van der Waals surface area contributed by atoms with Crippen LogP contribution >= 0.6 is 0 Å². The lowest BCUT2D eigenvalue weighted by molar-refractivity contribution is -0.121. The first-order valence-electron chi connectivity index (χ1n) is 12.1. The molecule has 6 heteroatoms. The summed E-state index contributed by atoms with van der Waals surface area (Å²) in [5.74, 6) is 1.36. The van der Waals surface area contributed by atoms with Crippen molar-refractivity contribution in [2.75, 3.05) is 16.8 Å². The maximum Gasteiger partial charge on any atom is 0.265 e. The molecule has 0 atom stereocenters. The third-order valence-corrected chi connectivity index (χ3v) is 6.33. The molecule has 180 valence electrons. The molecule has 0 saturated heterocycles. The number of hydrogen-bond acceptors (Lipinski definition) is 5. The van der Waals surface area contributed by atoms with Gasteiger partial charge in [-0.25, -0.2) is 4.98 Å². The van der Waals surface area contributed by atoms with E-state index < -0.39 is 0 Å². The Bertz CT molecular complexity index is 1550. The smallest absolute Gasteiger partial charge is 0.265 e. The molecule has 0 aliphatic carbocycles. The molecule has 0 bridgehead atoms. The van der Waals surface area contributed by atoms with Crippen LogP contribution in [0.15, 0.2) is 116 Å². The topological polar surface area (TPSA) is 67.3 Å². The number of ether oxygens (including phenoxy) is 1. The van der Waals surface area contributed by atoms with Gasteiger partial charge in [0.2, 0.25) is 0 Å². The molecule has 3 heterocycles. The molecule has 1 N–H and O–H groups in total. The molecule has 6 rings (SSSR count). The van der Waals surface area contributed by atoms with Gasteiger partial charge in [-0.2, -0.15) is 0 Å². The molecular formula is C31H24N4O2. The van der Waals surface area contributed by atoms with Gasteiger partial charge in [-0.05, 0) is 76.3 Å². The maximum atomic E-state index is 12.8. The van der Waals surface area contributed by atoms with E-state index in [0.717, 1.165) is 45.0 Å². The summed E-state index contributed by atoms with van der Waals surface area (Å²) in [7, 11) is 0. The Morgan fingerprint density at radius 1 is 0.757 bits per heavy atom. The number of aromatic nitrogens is 2. The molecule has 3 aromatic carbocycles. The van der Waals surface area contributed by atoms with Gasteiger partial charge in [0.05, 0.1) is 12.2 Å². The van der Waals surface area contributed by atoms with E-state index in [1.807, 2.05) is 72.8 Å². The minimum atomic E-state index is -0.0724. The van der Waals surface area contributed by atoms with E-state index in [-0.39, 0.29) is 12.5 Å². The number of amides is 1. The summed E-state index contributed by atoms with van der Waals surface area (Å²) in [4.78, 5) is 23.1. The highest BCUT2D eigenvalue weighted by Crippen LogP contribution is 2.37. The van der Waals surface area contributed by atoms with Crippen molar-refractivity contribution < 1.29 is 9.53 Å². The summed E-state index contributed by atoms with van der Waals surface area (Å²) in [5, 5.41) is 3.43. The molecule has 2 aromatic heterocycles. The predicted molar refractivity (Wildman–Crippen MR) is 146 cm³/mol. The maximum absolute atomic E-state index is 12.8. The second-order valence-electron chi connectivity index (χ2n) is 8.81. The van der Waals surface area contributed by atoms with Gasteiger partial charge in [-0.3, -0.25) is 9.78 Å². The largest absolute Gasteiger partial charge is 0.482 e. The Morgan fingerprint density at radius 3 is 2.41 bits per heavy atom. The lowest BCUT2D eigenvalue weighted by Gasteiger charge is -2.30. The van der Waals surface area contributed by atoms with Gasteiger partial charge in [-0.1, -0.05) is 48.5 Å². The Labute approximate surface area is 215 Å². The number of carbonyl (C=O) groups is 1. The molecule has 0 unspecified atom stereocenters. The average Bonchev–Trinajstić information content (AvgIpc) is 2.96. The van der Waals surface area contributed by atoms with Gasteiger partial charge >= 0.3 is 0 Å². The van der Waals surface area contributed by atoms with E-state index in [2.05, 4.69) is 39.6 Å². The third-order valence-electron chi connectivity index (χ3n) is 6.33. The number of carbonyl (C=O) groups excluding carboxylic acids is 1. The molecular weight excluding hydrogens is 460 g/mol. The Morgan fingerprint density at radius 2 is 1.54 bits per heavy atom. The second-order valence-corrected chi connectivity index (χ2v) is 8.81. The van der Waals surface area contributed by atoms with Crippen LogP contribution in [0.2, 0.25) is 0 Å². The molecule has 6 nitrogen and oxygen atoms in total. The number of nitrogens with one attached hydrogen (secondary N) is 1. The summed E-state index contributed by atoms with van der Waals surface area (Å²) >= 11 is 0. The number of fused-ring (bicyclic) bond motifs is 1. The molecule has 0 saturated carbocycles. The first-order chi connectivity index (χ1) is 18.2. The van der Waals surface area contributed by atoms with E-state index in [4.69, 9.17) is 4.74 Å². The SMILES string of the molecule is O=C1COc2ccc(-c3ccnc(Nc4cccc(-c5ccccc5)c4)c3)cc2N1Cc1ccncc1. The lowest BCUT2D eigenvalue weighted by atomic mass is 10.0. The van der Waals surface area contributed by atoms with Crippen LogP contribution in [0.25, 0.3) is 22.3 Å². The summed E-state index contributed by atoms with van der Waals surface area (Å²) in [6.07, 6.45) is 5.26. The average molecular weight is 485 g/mol. The lowest BCUT2D eigenvalue weighted by Crippen LogP contribution is -2.38. The Balaban J connectivity index is 1.28. The minimum absolute atomic E-state index is 0.0306. The molecule has 1 aliphatic rings. The van der Waals surface area contributed by atoms with Gasteiger partial charge < -0.3 is 15.0 Å². The van der Waals surface area contributed by atoms with Crippen molar-refractivity contribution in [2.24, 2.45) is 0 Å². The Hall–Kier alpha value is -4.97. The van der Waals surface area contributed by atoms with Crippen LogP contribution in [0.4, 0.5) is 17.2 Å². The summed E-state index contributed by atoms with van der Waals surface area (Å²) < 4.78 is 5.72. The standard InChI is InChI=1S/C31H24N4O2/c36-31-21-37-29-10-9-25(18-28(29)35(31)20-22-11-14-32-15-12-22)26-13-16-33-30(19-26)34-27-8-4-7-24(17-27)23-5-2-1-3-6-23/h1-19H,20-21H2,(H,33,34). The van der Waals surface area contributed by atoms with Crippen molar-refractivity contribution in [3.8, 4) is 28.0 Å². The number of hydrogen-bond donors (Lipinski definition) is 1. The van der Waals surface area contributed by atoms with Crippen LogP contribution in [0.5, 0.6) is 5.75 Å². The van der Waals surface area contributed by atoms with Crippen molar-refractivity contribution >= 4 is 23.1 Å². The monoisotopic (exact) mass is 484 g/mol. The first-order valence-corrected chi connectivity index (χ1v) is 12.1. The fourth-order valence-electron chi connectivity index (χ4n) is 4.46. The third kappa shape index (κ3) is 4.90. The molecule has 0 fully saturated rings. The van der Waals surface area contributed by atoms with Crippen molar-refractivity contribution in [1.29, 1.82) is 0 Å². The van der Waals surface area contributed by atoms with E-state index in [0.29, 0.717) is 12.3 Å². The van der Waals surface area contributed by atoms with Crippen molar-refractivity contribution in [3.63, 3.8) is 0 Å². The molecule has 37 heavy (non-hydrogen) atoms.